The number of rotatable bonds is 15. The first-order valence-corrected chi connectivity index (χ1v) is 22.1. The van der Waals surface area contributed by atoms with Crippen LogP contribution in [0.1, 0.15) is 26.3 Å². The van der Waals surface area contributed by atoms with Crippen molar-refractivity contribution in [3.63, 3.8) is 0 Å². The number of phosphoric ester groups is 3. The number of aliphatic hydroxyl groups excluding tert-OH is 1. The fourth-order valence-corrected chi connectivity index (χ4v) is 10.3. The molecular formula is C24H37N10O19P4+. The number of imidazole rings is 2. The van der Waals surface area contributed by atoms with Gasteiger partial charge in [0.2, 0.25) is 24.5 Å². The van der Waals surface area contributed by atoms with Crippen LogP contribution in [0.4, 0.5) is 11.9 Å². The van der Waals surface area contributed by atoms with Gasteiger partial charge in [0.05, 0.1) is 32.7 Å². The predicted octanol–water partition coefficient (Wildman–Crippen LogP) is -0.813. The summed E-state index contributed by atoms with van der Waals surface area (Å²) in [6, 6.07) is 0. The Labute approximate surface area is 318 Å². The van der Waals surface area contributed by atoms with Crippen LogP contribution in [-0.4, -0.2) is 109 Å². The number of fused-ring (bicyclic) bond motifs is 2. The summed E-state index contributed by atoms with van der Waals surface area (Å²) in [5.74, 6) is -1.67. The van der Waals surface area contributed by atoms with Crippen LogP contribution < -0.4 is 21.6 Å². The van der Waals surface area contributed by atoms with Crippen LogP contribution in [0.2, 0.25) is 0 Å². The van der Waals surface area contributed by atoms with Crippen molar-refractivity contribution in [3.05, 3.63) is 23.0 Å². The van der Waals surface area contributed by atoms with Crippen LogP contribution in [-0.2, 0) is 61.5 Å². The Morgan fingerprint density at radius 1 is 0.877 bits per heavy atom. The summed E-state index contributed by atoms with van der Waals surface area (Å²) >= 11 is 0. The number of anilines is 2. The Kier molecular flexibility index (Phi) is 11.9. The fraction of sp³-hybridized carbons (Fsp3) is 0.583. The number of hydrogen-bond donors (Lipinski definition) is 9. The van der Waals surface area contributed by atoms with Crippen molar-refractivity contribution >= 4 is 65.5 Å². The van der Waals surface area contributed by atoms with Crippen molar-refractivity contribution in [3.8, 4) is 5.88 Å². The molecule has 2 fully saturated rings. The molecule has 11 N–H and O–H groups in total. The van der Waals surface area contributed by atoms with Crippen LogP contribution in [0.25, 0.3) is 22.3 Å². The highest BCUT2D eigenvalue weighted by Gasteiger charge is 2.51. The summed E-state index contributed by atoms with van der Waals surface area (Å²) in [5, 5.41) is 21.3. The molecule has 0 amide bonds. The van der Waals surface area contributed by atoms with E-state index in [0.717, 1.165) is 18.0 Å². The Bertz CT molecular complexity index is 2430. The second-order valence-corrected chi connectivity index (χ2v) is 18.9. The van der Waals surface area contributed by atoms with Crippen molar-refractivity contribution in [2.24, 2.45) is 18.9 Å². The minimum Gasteiger partial charge on any atom is -0.490 e. The third-order valence-corrected chi connectivity index (χ3v) is 14.2. The molecule has 2 aliphatic rings. The van der Waals surface area contributed by atoms with E-state index in [4.69, 9.17) is 34.5 Å². The number of phosphoric acid groups is 4. The molecule has 2 saturated heterocycles. The highest BCUT2D eigenvalue weighted by Crippen LogP contribution is 2.68. The summed E-state index contributed by atoms with van der Waals surface area (Å²) in [6.07, 6.45) is -6.45. The lowest BCUT2D eigenvalue weighted by Gasteiger charge is -2.23. The van der Waals surface area contributed by atoms with Gasteiger partial charge in [0, 0.05) is 13.0 Å². The predicted molar refractivity (Wildman–Crippen MR) is 185 cm³/mol. The number of hydrogen-bond acceptors (Lipinski definition) is 21. The molecule has 0 aromatic carbocycles. The van der Waals surface area contributed by atoms with Crippen LogP contribution in [0.5, 0.6) is 5.88 Å². The van der Waals surface area contributed by atoms with E-state index < -0.39 is 92.9 Å². The number of aryl methyl sites for hydroxylation is 1. The zero-order valence-corrected chi connectivity index (χ0v) is 33.3. The van der Waals surface area contributed by atoms with E-state index in [2.05, 4.69) is 38.1 Å². The summed E-state index contributed by atoms with van der Waals surface area (Å²) < 4.78 is 93.5. The normalized spacial score (nSPS) is 29.6. The molecule has 7 unspecified atom stereocenters. The maximum atomic E-state index is 12.8. The summed E-state index contributed by atoms with van der Waals surface area (Å²) in [6.45, 7) is 1.60. The second kappa shape index (κ2) is 15.7. The number of nitrogens with zero attached hydrogens (tertiary/aromatic N) is 7. The standard InChI is InChI=1S/C24H36N10O19P4/c1-9-10(2)21(34-8-32(3)14-18(34)29-24(26)31-20(14)37)49-11(9)5-47-55(40,41)52-57(44,45)53-56(42,43)48-6-12-16(51-54(38,39)46-4)15(35)22(50-12)33-7-27-13-17(33)28-23(25)30-19(13)36/h7-12,15-16,21-22,35H,5-6H2,1-4H3,(H9-,25,26,28,29,30,31,36,37,38,39,40,41,42,43,44,45)/p+1/t9?,10?,11-,12-,15?,16+,21-,22-/m1/s1. The first-order valence-electron chi connectivity index (χ1n) is 16.1. The quantitative estimate of drug-likeness (QED) is 0.0520. The zero-order valence-electron chi connectivity index (χ0n) is 29.8. The first kappa shape index (κ1) is 43.3. The number of nitrogens with one attached hydrogen (secondary N) is 1. The second-order valence-electron chi connectivity index (χ2n) is 12.7. The molecule has 6 rings (SSSR count). The minimum absolute atomic E-state index is 0.215. The van der Waals surface area contributed by atoms with Gasteiger partial charge in [-0.2, -0.15) is 28.1 Å². The van der Waals surface area contributed by atoms with Crippen molar-refractivity contribution in [2.45, 2.75) is 50.7 Å². The molecule has 2 aliphatic heterocycles. The third-order valence-electron chi connectivity index (χ3n) is 8.95. The monoisotopic (exact) mass is 893 g/mol. The van der Waals surface area contributed by atoms with E-state index >= 15 is 0 Å². The first-order chi connectivity index (χ1) is 26.4. The average Bonchev–Trinajstić information content (AvgIpc) is 3.81. The van der Waals surface area contributed by atoms with Gasteiger partial charge in [0.1, 0.15) is 18.3 Å². The van der Waals surface area contributed by atoms with Crippen LogP contribution in [0.3, 0.4) is 0 Å². The molecule has 33 heteroatoms. The fourth-order valence-electron chi connectivity index (χ4n) is 6.16. The topological polar surface area (TPSA) is 414 Å². The zero-order chi connectivity index (χ0) is 42.0. The Hall–Kier alpha value is -3.30. The number of aromatic nitrogens is 8. The summed E-state index contributed by atoms with van der Waals surface area (Å²) in [7, 11) is -19.9. The SMILES string of the molecule is COP(=O)(O)O[C@@H]1C(O)[C@H](n2cnc3c(=O)[nH]c(N)nc32)O[C@@H]1COP(=O)(O)OP(=O)(O)OP(=O)(O)OC[C@H]1O[C@@H](n2c[n+](C)c3c(O)nc(N)nc32)C(C)C1C. The van der Waals surface area contributed by atoms with Crippen LogP contribution in [0, 0.1) is 11.8 Å². The van der Waals surface area contributed by atoms with Crippen molar-refractivity contribution in [1.29, 1.82) is 0 Å². The van der Waals surface area contributed by atoms with E-state index in [-0.39, 0.29) is 46.0 Å². The maximum absolute atomic E-state index is 12.8. The molecule has 0 saturated carbocycles. The lowest BCUT2D eigenvalue weighted by molar-refractivity contribution is -0.646. The average molecular weight is 894 g/mol. The molecule has 0 aliphatic carbocycles. The van der Waals surface area contributed by atoms with Gasteiger partial charge < -0.3 is 50.7 Å². The molecule has 4 aromatic rings. The van der Waals surface area contributed by atoms with Gasteiger partial charge in [0.15, 0.2) is 17.4 Å². The lowest BCUT2D eigenvalue weighted by atomic mass is 9.93. The van der Waals surface area contributed by atoms with Gasteiger partial charge in [-0.25, -0.2) is 27.8 Å². The molecule has 12 atom stereocenters. The number of nitrogens with two attached hydrogens (primary N) is 2. The van der Waals surface area contributed by atoms with Crippen LogP contribution >= 0.6 is 31.3 Å². The molecule has 6 heterocycles. The number of H-pyrrole nitrogens is 1. The Morgan fingerprint density at radius 2 is 1.49 bits per heavy atom. The van der Waals surface area contributed by atoms with E-state index in [9.17, 15) is 52.8 Å². The van der Waals surface area contributed by atoms with Gasteiger partial charge in [-0.3, -0.25) is 32.4 Å². The largest absolute Gasteiger partial charge is 0.490 e. The number of aromatic hydroxyl groups is 1. The van der Waals surface area contributed by atoms with E-state index in [0.29, 0.717) is 0 Å². The summed E-state index contributed by atoms with van der Waals surface area (Å²) in [4.78, 5) is 70.8. The van der Waals surface area contributed by atoms with Crippen molar-refractivity contribution < 1.29 is 88.8 Å². The van der Waals surface area contributed by atoms with E-state index in [1.165, 1.54) is 4.57 Å². The van der Waals surface area contributed by atoms with Gasteiger partial charge in [-0.1, -0.05) is 13.8 Å². The van der Waals surface area contributed by atoms with Gasteiger partial charge >= 0.3 is 31.3 Å². The van der Waals surface area contributed by atoms with Gasteiger partial charge in [0.25, 0.3) is 22.6 Å². The van der Waals surface area contributed by atoms with Crippen LogP contribution in [0.15, 0.2) is 17.4 Å². The number of aliphatic hydroxyl groups is 1. The molecule has 0 radical (unpaired) electrons. The van der Waals surface area contributed by atoms with Crippen molar-refractivity contribution in [2.75, 3.05) is 31.8 Å². The van der Waals surface area contributed by atoms with E-state index in [1.54, 1.807) is 31.8 Å². The minimum atomic E-state index is -6.00. The summed E-state index contributed by atoms with van der Waals surface area (Å²) in [5.41, 5.74) is 10.5. The van der Waals surface area contributed by atoms with E-state index in [1.807, 2.05) is 0 Å². The smallest absolute Gasteiger partial charge is 0.490 e. The highest BCUT2D eigenvalue weighted by atomic mass is 31.3. The Balaban J connectivity index is 1.09. The van der Waals surface area contributed by atoms with Gasteiger partial charge in [-0.15, -0.1) is 0 Å². The van der Waals surface area contributed by atoms with Gasteiger partial charge in [-0.05, 0) is 5.92 Å². The number of aromatic amines is 1. The molecular weight excluding hydrogens is 856 g/mol. The molecule has 4 aromatic heterocycles. The molecule has 316 valence electrons. The molecule has 0 bridgehead atoms. The number of ether oxygens (including phenoxy) is 2. The maximum Gasteiger partial charge on any atom is 0.490 e. The number of nitrogen functional groups attached to an aromatic ring is 2. The highest BCUT2D eigenvalue weighted by molar-refractivity contribution is 7.66. The van der Waals surface area contributed by atoms with Crippen molar-refractivity contribution in [1.82, 2.24) is 34.1 Å². The molecule has 57 heavy (non-hydrogen) atoms. The lowest BCUT2D eigenvalue weighted by Crippen LogP contribution is -2.36. The third kappa shape index (κ3) is 9.15. The molecule has 29 nitrogen and oxygen atoms in total. The molecule has 0 spiro atoms. The Morgan fingerprint density at radius 3 is 2.12 bits per heavy atom.